The van der Waals surface area contributed by atoms with E-state index in [2.05, 4.69) is 26.5 Å². The van der Waals surface area contributed by atoms with Gasteiger partial charge in [-0.25, -0.2) is 14.6 Å². The Labute approximate surface area is 180 Å². The minimum absolute atomic E-state index is 0.130. The molecule has 152 valence electrons. The normalized spacial score (nSPS) is 10.6. The van der Waals surface area contributed by atoms with Gasteiger partial charge < -0.3 is 9.47 Å². The molecule has 0 aliphatic carbocycles. The van der Waals surface area contributed by atoms with Gasteiger partial charge in [-0.1, -0.05) is 28.1 Å². The number of nitrogens with one attached hydrogen (secondary N) is 1. The molecule has 0 unspecified atom stereocenters. The van der Waals surface area contributed by atoms with Crippen molar-refractivity contribution in [3.05, 3.63) is 93.7 Å². The molecule has 0 aliphatic heterocycles. The highest BCUT2D eigenvalue weighted by atomic mass is 79.9. The highest BCUT2D eigenvalue weighted by Gasteiger charge is 2.13. The summed E-state index contributed by atoms with van der Waals surface area (Å²) in [6.45, 7) is 0. The van der Waals surface area contributed by atoms with Crippen LogP contribution in [0.1, 0.15) is 26.3 Å². The van der Waals surface area contributed by atoms with Crippen LogP contribution in [0.4, 0.5) is 4.39 Å². The first-order valence-corrected chi connectivity index (χ1v) is 9.51. The summed E-state index contributed by atoms with van der Waals surface area (Å²) in [5.41, 5.74) is 2.90. The summed E-state index contributed by atoms with van der Waals surface area (Å²) in [4.78, 5) is 24.5. The summed E-state index contributed by atoms with van der Waals surface area (Å²) in [7, 11) is 1.53. The fourth-order valence-corrected chi connectivity index (χ4v) is 2.84. The van der Waals surface area contributed by atoms with Crippen molar-refractivity contribution < 1.29 is 23.5 Å². The quantitative estimate of drug-likeness (QED) is 0.247. The minimum Gasteiger partial charge on any atom is -0.497 e. The summed E-state index contributed by atoms with van der Waals surface area (Å²) in [5.74, 6) is -1.06. The second-order valence-corrected chi connectivity index (χ2v) is 6.89. The standard InChI is InChI=1S/C22H16BrFN2O4/c1-29-17-9-6-14(7-10-17)22(28)30-20-11-8-16(23)12-15(20)13-25-26-21(27)18-4-2-3-5-19(18)24/h2-13H,1H3,(H,26,27)/b25-13-. The molecule has 0 aromatic heterocycles. The number of ether oxygens (including phenoxy) is 2. The van der Waals surface area contributed by atoms with Gasteiger partial charge in [0.25, 0.3) is 5.91 Å². The Morgan fingerprint density at radius 2 is 1.80 bits per heavy atom. The SMILES string of the molecule is COc1ccc(C(=O)Oc2ccc(Br)cc2/C=N\NC(=O)c2ccccc2F)cc1. The van der Waals surface area contributed by atoms with Crippen molar-refractivity contribution in [2.45, 2.75) is 0 Å². The highest BCUT2D eigenvalue weighted by Crippen LogP contribution is 2.23. The molecule has 0 bridgehead atoms. The maximum Gasteiger partial charge on any atom is 0.343 e. The summed E-state index contributed by atoms with van der Waals surface area (Å²) >= 11 is 3.34. The number of halogens is 2. The van der Waals surface area contributed by atoms with E-state index in [-0.39, 0.29) is 11.3 Å². The molecule has 30 heavy (non-hydrogen) atoms. The first-order chi connectivity index (χ1) is 14.5. The summed E-state index contributed by atoms with van der Waals surface area (Å²) in [5, 5.41) is 3.84. The Morgan fingerprint density at radius 3 is 2.50 bits per heavy atom. The van der Waals surface area contributed by atoms with Crippen molar-refractivity contribution in [1.29, 1.82) is 0 Å². The van der Waals surface area contributed by atoms with E-state index in [1.54, 1.807) is 48.5 Å². The van der Waals surface area contributed by atoms with Gasteiger partial charge in [-0.3, -0.25) is 4.79 Å². The molecule has 3 aromatic carbocycles. The van der Waals surface area contributed by atoms with Gasteiger partial charge in [-0.15, -0.1) is 0 Å². The van der Waals surface area contributed by atoms with Crippen LogP contribution in [-0.4, -0.2) is 25.2 Å². The molecule has 0 heterocycles. The maximum atomic E-state index is 13.7. The Bertz CT molecular complexity index is 1100. The molecule has 3 aromatic rings. The number of carbonyl (C=O) groups excluding carboxylic acids is 2. The third-order valence-electron chi connectivity index (χ3n) is 3.99. The van der Waals surface area contributed by atoms with E-state index in [1.807, 2.05) is 0 Å². The molecule has 0 saturated heterocycles. The van der Waals surface area contributed by atoms with Crippen molar-refractivity contribution in [2.75, 3.05) is 7.11 Å². The van der Waals surface area contributed by atoms with Crippen LogP contribution >= 0.6 is 15.9 Å². The Morgan fingerprint density at radius 1 is 1.07 bits per heavy atom. The van der Waals surface area contributed by atoms with E-state index in [9.17, 15) is 14.0 Å². The molecule has 6 nitrogen and oxygen atoms in total. The molecule has 0 spiro atoms. The first kappa shape index (κ1) is 21.2. The molecule has 0 saturated carbocycles. The molecule has 8 heteroatoms. The Hall–Kier alpha value is -3.52. The van der Waals surface area contributed by atoms with Gasteiger partial charge in [-0.05, 0) is 54.6 Å². The molecule has 0 atom stereocenters. The zero-order valence-corrected chi connectivity index (χ0v) is 17.4. The molecular weight excluding hydrogens is 455 g/mol. The van der Waals surface area contributed by atoms with Crippen LogP contribution in [0, 0.1) is 5.82 Å². The van der Waals surface area contributed by atoms with Crippen LogP contribution in [0.3, 0.4) is 0 Å². The largest absolute Gasteiger partial charge is 0.497 e. The highest BCUT2D eigenvalue weighted by molar-refractivity contribution is 9.10. The number of esters is 1. The van der Waals surface area contributed by atoms with E-state index in [4.69, 9.17) is 9.47 Å². The fourth-order valence-electron chi connectivity index (χ4n) is 2.47. The average molecular weight is 471 g/mol. The Balaban J connectivity index is 1.74. The van der Waals surface area contributed by atoms with Crippen LogP contribution in [-0.2, 0) is 0 Å². The van der Waals surface area contributed by atoms with E-state index >= 15 is 0 Å². The number of hydrazone groups is 1. The number of methoxy groups -OCH3 is 1. The second kappa shape index (κ2) is 9.80. The lowest BCUT2D eigenvalue weighted by molar-refractivity contribution is 0.0734. The van der Waals surface area contributed by atoms with Crippen molar-refractivity contribution in [3.63, 3.8) is 0 Å². The average Bonchev–Trinajstić information content (AvgIpc) is 2.75. The molecular formula is C22H16BrFN2O4. The molecule has 0 fully saturated rings. The van der Waals surface area contributed by atoms with Crippen LogP contribution in [0.25, 0.3) is 0 Å². The van der Waals surface area contributed by atoms with Gasteiger partial charge in [0.05, 0.1) is 24.5 Å². The zero-order chi connectivity index (χ0) is 21.5. The van der Waals surface area contributed by atoms with E-state index in [1.165, 1.54) is 31.5 Å². The van der Waals surface area contributed by atoms with Gasteiger partial charge in [0.15, 0.2) is 0 Å². The number of benzene rings is 3. The molecule has 0 radical (unpaired) electrons. The van der Waals surface area contributed by atoms with Crippen molar-refractivity contribution in [2.24, 2.45) is 5.10 Å². The van der Waals surface area contributed by atoms with Crippen LogP contribution in [0.2, 0.25) is 0 Å². The van der Waals surface area contributed by atoms with E-state index in [0.29, 0.717) is 21.3 Å². The molecule has 3 rings (SSSR count). The Kier molecular flexibility index (Phi) is 6.92. The van der Waals surface area contributed by atoms with Crippen LogP contribution in [0.5, 0.6) is 11.5 Å². The third-order valence-corrected chi connectivity index (χ3v) is 4.48. The zero-order valence-electron chi connectivity index (χ0n) is 15.8. The van der Waals surface area contributed by atoms with Crippen molar-refractivity contribution in [1.82, 2.24) is 5.43 Å². The number of hydrogen-bond acceptors (Lipinski definition) is 5. The first-order valence-electron chi connectivity index (χ1n) is 8.71. The van der Waals surface area contributed by atoms with Crippen molar-refractivity contribution in [3.8, 4) is 11.5 Å². The van der Waals surface area contributed by atoms with Gasteiger partial charge in [0.2, 0.25) is 0 Å². The smallest absolute Gasteiger partial charge is 0.343 e. The molecule has 1 N–H and O–H groups in total. The predicted octanol–water partition coefficient (Wildman–Crippen LogP) is 4.58. The van der Waals surface area contributed by atoms with E-state index in [0.717, 1.165) is 0 Å². The van der Waals surface area contributed by atoms with Crippen molar-refractivity contribution >= 4 is 34.0 Å². The number of amides is 1. The topological polar surface area (TPSA) is 77.0 Å². The monoisotopic (exact) mass is 470 g/mol. The lowest BCUT2D eigenvalue weighted by Gasteiger charge is -2.08. The van der Waals surface area contributed by atoms with E-state index < -0.39 is 17.7 Å². The van der Waals surface area contributed by atoms with Gasteiger partial charge in [-0.2, -0.15) is 5.10 Å². The molecule has 0 aliphatic rings. The van der Waals surface area contributed by atoms with Crippen LogP contribution < -0.4 is 14.9 Å². The lowest BCUT2D eigenvalue weighted by Crippen LogP contribution is -2.19. The number of rotatable bonds is 6. The number of carbonyl (C=O) groups is 2. The van der Waals surface area contributed by atoms with Gasteiger partial charge in [0, 0.05) is 10.0 Å². The summed E-state index contributed by atoms with van der Waals surface area (Å²) in [6, 6.07) is 17.0. The summed E-state index contributed by atoms with van der Waals surface area (Å²) < 4.78 is 24.9. The van der Waals surface area contributed by atoms with Gasteiger partial charge in [0.1, 0.15) is 17.3 Å². The number of nitrogens with zero attached hydrogens (tertiary/aromatic N) is 1. The van der Waals surface area contributed by atoms with Crippen LogP contribution in [0.15, 0.2) is 76.3 Å². The van der Waals surface area contributed by atoms with Gasteiger partial charge >= 0.3 is 5.97 Å². The number of hydrogen-bond donors (Lipinski definition) is 1. The third kappa shape index (κ3) is 5.30. The predicted molar refractivity (Wildman–Crippen MR) is 114 cm³/mol. The second-order valence-electron chi connectivity index (χ2n) is 5.98. The maximum absolute atomic E-state index is 13.7. The molecule has 1 amide bonds. The lowest BCUT2D eigenvalue weighted by atomic mass is 10.2. The fraction of sp³-hybridized carbons (Fsp3) is 0.0455. The minimum atomic E-state index is -0.698. The summed E-state index contributed by atoms with van der Waals surface area (Å²) in [6.07, 6.45) is 1.31.